The van der Waals surface area contributed by atoms with Crippen LogP contribution in [0, 0.1) is 0 Å². The zero-order chi connectivity index (χ0) is 23.7. The van der Waals surface area contributed by atoms with Crippen LogP contribution in [0.15, 0.2) is 48.5 Å². The zero-order valence-electron chi connectivity index (χ0n) is 20.4. The van der Waals surface area contributed by atoms with Gasteiger partial charge in [-0.1, -0.05) is 57.2 Å². The smallest absolute Gasteiger partial charge is 0.242 e. The van der Waals surface area contributed by atoms with Crippen molar-refractivity contribution in [1.29, 1.82) is 0 Å². The Balaban J connectivity index is 2.15. The highest BCUT2D eigenvalue weighted by atomic mass is 16.5. The first-order valence-electron chi connectivity index (χ1n) is 11.6. The second-order valence-corrected chi connectivity index (χ2v) is 8.76. The van der Waals surface area contributed by atoms with Gasteiger partial charge in [-0.05, 0) is 61.4 Å². The van der Waals surface area contributed by atoms with Gasteiger partial charge in [-0.25, -0.2) is 0 Å². The molecular weight excluding hydrogens is 400 g/mol. The quantitative estimate of drug-likeness (QED) is 0.532. The number of rotatable bonds is 11. The van der Waals surface area contributed by atoms with E-state index >= 15 is 0 Å². The number of aryl methyl sites for hydroxylation is 1. The van der Waals surface area contributed by atoms with Gasteiger partial charge in [0.25, 0.3) is 0 Å². The lowest BCUT2D eigenvalue weighted by atomic mass is 10.00. The van der Waals surface area contributed by atoms with Crippen molar-refractivity contribution in [2.24, 2.45) is 0 Å². The van der Waals surface area contributed by atoms with Crippen molar-refractivity contribution in [3.8, 4) is 5.75 Å². The van der Waals surface area contributed by atoms with Crippen LogP contribution in [-0.2, 0) is 22.6 Å². The molecule has 0 bridgehead atoms. The molecule has 2 atom stereocenters. The molecule has 2 aromatic carbocycles. The summed E-state index contributed by atoms with van der Waals surface area (Å²) in [6.07, 6.45) is 1.84. The lowest BCUT2D eigenvalue weighted by molar-refractivity contribution is -0.140. The molecule has 0 aliphatic rings. The summed E-state index contributed by atoms with van der Waals surface area (Å²) in [6.45, 7) is 10.5. The highest BCUT2D eigenvalue weighted by Crippen LogP contribution is 2.19. The monoisotopic (exact) mass is 438 g/mol. The number of hydrogen-bond acceptors (Lipinski definition) is 3. The maximum absolute atomic E-state index is 13.3. The van der Waals surface area contributed by atoms with E-state index in [2.05, 4.69) is 43.4 Å². The number of ether oxygens (including phenoxy) is 1. The molecule has 2 unspecified atom stereocenters. The Morgan fingerprint density at radius 1 is 1.00 bits per heavy atom. The number of nitrogens with zero attached hydrogens (tertiary/aromatic N) is 1. The lowest BCUT2D eigenvalue weighted by Crippen LogP contribution is -2.49. The van der Waals surface area contributed by atoms with E-state index < -0.39 is 6.04 Å². The standard InChI is InChI=1S/C27H38N2O3/c1-7-20(4)28-27(31)21(5)29(18-23-9-8-10-25(17-23)32-6)26(30)16-13-22-11-14-24(15-12-22)19(2)3/h8-12,14-15,17,19-21H,7,13,16,18H2,1-6H3,(H,28,31). The number of benzene rings is 2. The first kappa shape index (κ1) is 25.4. The van der Waals surface area contributed by atoms with Gasteiger partial charge in [0, 0.05) is 19.0 Å². The summed E-state index contributed by atoms with van der Waals surface area (Å²) in [7, 11) is 1.62. The molecule has 2 rings (SSSR count). The number of hydrogen-bond donors (Lipinski definition) is 1. The molecule has 32 heavy (non-hydrogen) atoms. The molecule has 5 heteroatoms. The van der Waals surface area contributed by atoms with Crippen molar-refractivity contribution < 1.29 is 14.3 Å². The Labute approximate surface area is 193 Å². The Kier molecular flexibility index (Phi) is 9.76. The number of nitrogens with one attached hydrogen (secondary N) is 1. The van der Waals surface area contributed by atoms with Gasteiger partial charge < -0.3 is 15.0 Å². The highest BCUT2D eigenvalue weighted by molar-refractivity contribution is 5.87. The van der Waals surface area contributed by atoms with Crippen molar-refractivity contribution in [1.82, 2.24) is 10.2 Å². The maximum Gasteiger partial charge on any atom is 0.242 e. The molecule has 0 spiro atoms. The third-order valence-corrected chi connectivity index (χ3v) is 5.93. The van der Waals surface area contributed by atoms with Crippen LogP contribution in [0.5, 0.6) is 5.75 Å². The van der Waals surface area contributed by atoms with Gasteiger partial charge in [0.15, 0.2) is 0 Å². The van der Waals surface area contributed by atoms with E-state index in [0.29, 0.717) is 25.3 Å². The SMILES string of the molecule is CCC(C)NC(=O)C(C)N(Cc1cccc(OC)c1)C(=O)CCc1ccc(C(C)C)cc1. The van der Waals surface area contributed by atoms with E-state index in [4.69, 9.17) is 4.74 Å². The largest absolute Gasteiger partial charge is 0.497 e. The molecule has 2 aromatic rings. The Bertz CT molecular complexity index is 877. The van der Waals surface area contributed by atoms with Gasteiger partial charge in [0.2, 0.25) is 11.8 Å². The molecule has 174 valence electrons. The van der Waals surface area contributed by atoms with Crippen molar-refractivity contribution >= 4 is 11.8 Å². The van der Waals surface area contributed by atoms with Crippen LogP contribution in [0.4, 0.5) is 0 Å². The summed E-state index contributed by atoms with van der Waals surface area (Å²) in [5.41, 5.74) is 3.35. The molecule has 0 aromatic heterocycles. The summed E-state index contributed by atoms with van der Waals surface area (Å²) >= 11 is 0. The van der Waals surface area contributed by atoms with E-state index in [9.17, 15) is 9.59 Å². The Morgan fingerprint density at radius 2 is 1.69 bits per heavy atom. The molecule has 0 fully saturated rings. The van der Waals surface area contributed by atoms with Gasteiger partial charge in [0.1, 0.15) is 11.8 Å². The number of amides is 2. The van der Waals surface area contributed by atoms with E-state index in [1.54, 1.807) is 18.9 Å². The molecule has 2 amide bonds. The minimum atomic E-state index is -0.564. The lowest BCUT2D eigenvalue weighted by Gasteiger charge is -2.30. The van der Waals surface area contributed by atoms with Crippen LogP contribution in [-0.4, -0.2) is 35.9 Å². The third-order valence-electron chi connectivity index (χ3n) is 5.93. The van der Waals surface area contributed by atoms with Crippen molar-refractivity contribution in [2.75, 3.05) is 7.11 Å². The van der Waals surface area contributed by atoms with Crippen molar-refractivity contribution in [3.63, 3.8) is 0 Å². The number of carbonyl (C=O) groups is 2. The first-order chi connectivity index (χ1) is 15.2. The normalized spacial score (nSPS) is 12.8. The summed E-state index contributed by atoms with van der Waals surface area (Å²) in [5.74, 6) is 1.05. The van der Waals surface area contributed by atoms with Crippen LogP contribution in [0.3, 0.4) is 0 Å². The molecule has 5 nitrogen and oxygen atoms in total. The fourth-order valence-corrected chi connectivity index (χ4v) is 3.48. The number of carbonyl (C=O) groups excluding carboxylic acids is 2. The van der Waals surface area contributed by atoms with E-state index in [0.717, 1.165) is 23.3 Å². The molecular formula is C27H38N2O3. The van der Waals surface area contributed by atoms with E-state index in [1.165, 1.54) is 5.56 Å². The van der Waals surface area contributed by atoms with E-state index in [-0.39, 0.29) is 17.9 Å². The second-order valence-electron chi connectivity index (χ2n) is 8.76. The zero-order valence-corrected chi connectivity index (χ0v) is 20.4. The maximum atomic E-state index is 13.3. The molecule has 0 saturated carbocycles. The fraction of sp³-hybridized carbons (Fsp3) is 0.481. The van der Waals surface area contributed by atoms with Crippen molar-refractivity contribution in [2.45, 2.75) is 78.4 Å². The second kappa shape index (κ2) is 12.3. The van der Waals surface area contributed by atoms with E-state index in [1.807, 2.05) is 38.1 Å². The van der Waals surface area contributed by atoms with Gasteiger partial charge in [0.05, 0.1) is 7.11 Å². The highest BCUT2D eigenvalue weighted by Gasteiger charge is 2.26. The molecule has 0 saturated heterocycles. The van der Waals surface area contributed by atoms with Gasteiger partial charge in [-0.3, -0.25) is 9.59 Å². The van der Waals surface area contributed by atoms with Crippen LogP contribution >= 0.6 is 0 Å². The fourth-order valence-electron chi connectivity index (χ4n) is 3.48. The molecule has 0 radical (unpaired) electrons. The summed E-state index contributed by atoms with van der Waals surface area (Å²) in [6, 6.07) is 15.6. The Morgan fingerprint density at radius 3 is 2.28 bits per heavy atom. The topological polar surface area (TPSA) is 58.6 Å². The van der Waals surface area contributed by atoms with Crippen LogP contribution in [0.2, 0.25) is 0 Å². The van der Waals surface area contributed by atoms with Crippen LogP contribution < -0.4 is 10.1 Å². The van der Waals surface area contributed by atoms with Crippen LogP contribution in [0.25, 0.3) is 0 Å². The van der Waals surface area contributed by atoms with Gasteiger partial charge >= 0.3 is 0 Å². The molecule has 0 aliphatic carbocycles. The average Bonchev–Trinajstić information content (AvgIpc) is 2.80. The van der Waals surface area contributed by atoms with Gasteiger partial charge in [-0.15, -0.1) is 0 Å². The third kappa shape index (κ3) is 7.40. The average molecular weight is 439 g/mol. The van der Waals surface area contributed by atoms with Crippen molar-refractivity contribution in [3.05, 3.63) is 65.2 Å². The molecule has 1 N–H and O–H groups in total. The van der Waals surface area contributed by atoms with Crippen LogP contribution in [0.1, 0.15) is 70.1 Å². The summed E-state index contributed by atoms with van der Waals surface area (Å²) in [5, 5.41) is 3.01. The predicted molar refractivity (Wildman–Crippen MR) is 130 cm³/mol. The predicted octanol–water partition coefficient (Wildman–Crippen LogP) is 5.08. The minimum absolute atomic E-state index is 0.0347. The molecule has 0 heterocycles. The summed E-state index contributed by atoms with van der Waals surface area (Å²) in [4.78, 5) is 27.8. The Hall–Kier alpha value is -2.82. The molecule has 0 aliphatic heterocycles. The summed E-state index contributed by atoms with van der Waals surface area (Å²) < 4.78 is 5.32. The first-order valence-corrected chi connectivity index (χ1v) is 11.6. The minimum Gasteiger partial charge on any atom is -0.497 e. The van der Waals surface area contributed by atoms with Gasteiger partial charge in [-0.2, -0.15) is 0 Å². The number of methoxy groups -OCH3 is 1.